The van der Waals surface area contributed by atoms with Gasteiger partial charge in [-0.05, 0) is 38.5 Å². The van der Waals surface area contributed by atoms with Crippen molar-refractivity contribution in [2.24, 2.45) is 0 Å². The molecule has 0 saturated carbocycles. The molecule has 1 N–H and O–H groups in total. The number of aryl methyl sites for hydroxylation is 1. The molecule has 0 aliphatic heterocycles. The summed E-state index contributed by atoms with van der Waals surface area (Å²) in [5.41, 5.74) is 2.01. The third-order valence-corrected chi connectivity index (χ3v) is 4.08. The number of ketones is 1. The Balaban J connectivity index is 2.44. The van der Waals surface area contributed by atoms with E-state index < -0.39 is 11.8 Å². The van der Waals surface area contributed by atoms with Crippen molar-refractivity contribution in [2.45, 2.75) is 20.8 Å². The molecule has 6 heteroatoms. The van der Waals surface area contributed by atoms with E-state index in [4.69, 9.17) is 9.47 Å². The molecule has 0 amide bonds. The van der Waals surface area contributed by atoms with Gasteiger partial charge in [-0.2, -0.15) is 5.26 Å². The van der Waals surface area contributed by atoms with Crippen LogP contribution in [-0.2, 0) is 4.74 Å². The Bertz CT molecular complexity index is 977. The van der Waals surface area contributed by atoms with Gasteiger partial charge in [0.25, 0.3) is 0 Å². The number of carbonyl (C=O) groups excluding carboxylic acids is 2. The Kier molecular flexibility index (Phi) is 6.94. The van der Waals surface area contributed by atoms with Crippen LogP contribution < -0.4 is 4.74 Å². The largest absolute Gasteiger partial charge is 0.489 e. The fraction of sp³-hybridized carbons (Fsp3) is 0.227. The van der Waals surface area contributed by atoms with E-state index >= 15 is 0 Å². The van der Waals surface area contributed by atoms with Crippen molar-refractivity contribution in [1.82, 2.24) is 4.98 Å². The SMILES string of the molecule is C=CCOc1ccccc1/C=C(\C#N)C(=O)c1[nH]c(C)c(C(=O)OCC)c1C. The van der Waals surface area contributed by atoms with Gasteiger partial charge >= 0.3 is 5.97 Å². The van der Waals surface area contributed by atoms with Crippen molar-refractivity contribution in [3.05, 3.63) is 70.6 Å². The average molecular weight is 378 g/mol. The number of benzene rings is 1. The third kappa shape index (κ3) is 4.38. The molecular weight excluding hydrogens is 356 g/mol. The summed E-state index contributed by atoms with van der Waals surface area (Å²) in [6.45, 7) is 9.20. The number of H-pyrrole nitrogens is 1. The Hall–Kier alpha value is -3.59. The summed E-state index contributed by atoms with van der Waals surface area (Å²) < 4.78 is 10.6. The lowest BCUT2D eigenvalue weighted by molar-refractivity contribution is 0.0525. The number of hydrogen-bond donors (Lipinski definition) is 1. The van der Waals surface area contributed by atoms with Crippen LogP contribution in [0.4, 0.5) is 0 Å². The quantitative estimate of drug-likeness (QED) is 0.245. The highest BCUT2D eigenvalue weighted by Crippen LogP contribution is 2.25. The highest BCUT2D eigenvalue weighted by Gasteiger charge is 2.24. The van der Waals surface area contributed by atoms with E-state index in [1.165, 1.54) is 6.08 Å². The molecule has 2 aromatic rings. The number of allylic oxidation sites excluding steroid dienone is 1. The Labute approximate surface area is 164 Å². The van der Waals surface area contributed by atoms with Crippen molar-refractivity contribution < 1.29 is 19.1 Å². The van der Waals surface area contributed by atoms with Gasteiger partial charge in [0.15, 0.2) is 0 Å². The maximum Gasteiger partial charge on any atom is 0.340 e. The molecule has 0 radical (unpaired) electrons. The number of para-hydroxylation sites is 1. The third-order valence-electron chi connectivity index (χ3n) is 4.08. The van der Waals surface area contributed by atoms with Crippen LogP contribution in [0.5, 0.6) is 5.75 Å². The van der Waals surface area contributed by atoms with Crippen LogP contribution in [0.3, 0.4) is 0 Å². The maximum absolute atomic E-state index is 12.9. The predicted octanol–water partition coefficient (Wildman–Crippen LogP) is 4.16. The van der Waals surface area contributed by atoms with Crippen LogP contribution in [0.2, 0.25) is 0 Å². The van der Waals surface area contributed by atoms with Gasteiger partial charge < -0.3 is 14.5 Å². The standard InChI is InChI=1S/C22H22N2O4/c1-5-11-28-18-10-8-7-9-16(18)12-17(13-23)21(25)20-14(3)19(15(4)24-20)22(26)27-6-2/h5,7-10,12,24H,1,6,11H2,2-4H3/b17-12+. The van der Waals surface area contributed by atoms with Gasteiger partial charge in [-0.15, -0.1) is 0 Å². The monoisotopic (exact) mass is 378 g/mol. The molecule has 0 aliphatic rings. The number of nitriles is 1. The molecular formula is C22H22N2O4. The minimum atomic E-state index is -0.503. The molecule has 1 aromatic heterocycles. The summed E-state index contributed by atoms with van der Waals surface area (Å²) in [6, 6.07) is 9.03. The van der Waals surface area contributed by atoms with Crippen molar-refractivity contribution in [1.29, 1.82) is 5.26 Å². The lowest BCUT2D eigenvalue weighted by atomic mass is 10.0. The van der Waals surface area contributed by atoms with Crippen molar-refractivity contribution in [2.75, 3.05) is 13.2 Å². The number of aromatic nitrogens is 1. The fourth-order valence-corrected chi connectivity index (χ4v) is 2.81. The summed E-state index contributed by atoms with van der Waals surface area (Å²) in [7, 11) is 0. The van der Waals surface area contributed by atoms with E-state index in [1.807, 2.05) is 6.07 Å². The minimum Gasteiger partial charge on any atom is -0.489 e. The lowest BCUT2D eigenvalue weighted by Crippen LogP contribution is -2.08. The number of nitrogens with zero attached hydrogens (tertiary/aromatic N) is 1. The van der Waals surface area contributed by atoms with E-state index in [1.54, 1.807) is 51.1 Å². The Morgan fingerprint density at radius 3 is 2.64 bits per heavy atom. The number of nitrogens with one attached hydrogen (secondary N) is 1. The Morgan fingerprint density at radius 1 is 1.29 bits per heavy atom. The van der Waals surface area contributed by atoms with Crippen molar-refractivity contribution in [3.63, 3.8) is 0 Å². The molecule has 0 aliphatic carbocycles. The molecule has 6 nitrogen and oxygen atoms in total. The van der Waals surface area contributed by atoms with Gasteiger partial charge in [0.1, 0.15) is 24.0 Å². The molecule has 28 heavy (non-hydrogen) atoms. The van der Waals surface area contributed by atoms with Crippen LogP contribution in [0.15, 0.2) is 42.5 Å². The molecule has 1 aromatic carbocycles. The summed E-state index contributed by atoms with van der Waals surface area (Å²) >= 11 is 0. The number of esters is 1. The predicted molar refractivity (Wildman–Crippen MR) is 106 cm³/mol. The molecule has 2 rings (SSSR count). The number of ether oxygens (including phenoxy) is 2. The first-order chi connectivity index (χ1) is 13.4. The molecule has 0 unspecified atom stereocenters. The zero-order chi connectivity index (χ0) is 20.7. The second-order valence-corrected chi connectivity index (χ2v) is 5.98. The molecule has 0 bridgehead atoms. The molecule has 0 atom stereocenters. The first kappa shape index (κ1) is 20.7. The van der Waals surface area contributed by atoms with Gasteiger partial charge in [-0.25, -0.2) is 4.79 Å². The first-order valence-electron chi connectivity index (χ1n) is 8.80. The number of rotatable bonds is 8. The van der Waals surface area contributed by atoms with Gasteiger partial charge in [-0.3, -0.25) is 4.79 Å². The van der Waals surface area contributed by atoms with Gasteiger partial charge in [0.05, 0.1) is 17.9 Å². The summed E-state index contributed by atoms with van der Waals surface area (Å²) in [6.07, 6.45) is 3.08. The average Bonchev–Trinajstić information content (AvgIpc) is 2.99. The van der Waals surface area contributed by atoms with Crippen LogP contribution >= 0.6 is 0 Å². The second kappa shape index (κ2) is 9.38. The van der Waals surface area contributed by atoms with Gasteiger partial charge in [0, 0.05) is 11.3 Å². The number of Topliss-reactive ketones (excluding diaryl/α,β-unsaturated/α-hetero) is 1. The first-order valence-corrected chi connectivity index (χ1v) is 8.80. The molecule has 144 valence electrons. The van der Waals surface area contributed by atoms with E-state index in [0.29, 0.717) is 34.7 Å². The highest BCUT2D eigenvalue weighted by atomic mass is 16.5. The van der Waals surface area contributed by atoms with Crippen LogP contribution in [-0.4, -0.2) is 30.0 Å². The summed E-state index contributed by atoms with van der Waals surface area (Å²) in [5.74, 6) is -0.467. The molecule has 1 heterocycles. The topological polar surface area (TPSA) is 92.2 Å². The second-order valence-electron chi connectivity index (χ2n) is 5.98. The van der Waals surface area contributed by atoms with E-state index in [0.717, 1.165) is 0 Å². The number of aromatic amines is 1. The summed E-state index contributed by atoms with van der Waals surface area (Å²) in [5, 5.41) is 9.54. The zero-order valence-corrected chi connectivity index (χ0v) is 16.2. The van der Waals surface area contributed by atoms with Gasteiger partial charge in [0.2, 0.25) is 5.78 Å². The lowest BCUT2D eigenvalue weighted by Gasteiger charge is -2.07. The normalized spacial score (nSPS) is 10.9. The number of hydrogen-bond acceptors (Lipinski definition) is 5. The Morgan fingerprint density at radius 2 is 2.00 bits per heavy atom. The summed E-state index contributed by atoms with van der Waals surface area (Å²) in [4.78, 5) is 28.0. The molecule has 0 saturated heterocycles. The smallest absolute Gasteiger partial charge is 0.340 e. The van der Waals surface area contributed by atoms with E-state index in [9.17, 15) is 14.9 Å². The van der Waals surface area contributed by atoms with E-state index in [-0.39, 0.29) is 17.9 Å². The van der Waals surface area contributed by atoms with Crippen LogP contribution in [0, 0.1) is 25.2 Å². The molecule has 0 fully saturated rings. The van der Waals surface area contributed by atoms with Crippen molar-refractivity contribution in [3.8, 4) is 11.8 Å². The fourth-order valence-electron chi connectivity index (χ4n) is 2.81. The van der Waals surface area contributed by atoms with Crippen LogP contribution in [0.1, 0.15) is 44.6 Å². The minimum absolute atomic E-state index is 0.0746. The number of carbonyl (C=O) groups is 2. The van der Waals surface area contributed by atoms with Crippen molar-refractivity contribution >= 4 is 17.8 Å². The van der Waals surface area contributed by atoms with Crippen LogP contribution in [0.25, 0.3) is 6.08 Å². The maximum atomic E-state index is 12.9. The molecule has 0 spiro atoms. The van der Waals surface area contributed by atoms with Gasteiger partial charge in [-0.1, -0.05) is 30.9 Å². The zero-order valence-electron chi connectivity index (χ0n) is 16.2. The van der Waals surface area contributed by atoms with E-state index in [2.05, 4.69) is 11.6 Å². The highest BCUT2D eigenvalue weighted by molar-refractivity contribution is 6.15.